The van der Waals surface area contributed by atoms with Crippen molar-refractivity contribution < 1.29 is 0 Å². The number of hydrogen-bond donors (Lipinski definition) is 0. The van der Waals surface area contributed by atoms with Gasteiger partial charge in [0, 0.05) is 18.4 Å². The maximum Gasteiger partial charge on any atom is 0.130 e. The van der Waals surface area contributed by atoms with Crippen LogP contribution in [0.2, 0.25) is 5.02 Å². The maximum absolute atomic E-state index is 6.17. The second-order valence-electron chi connectivity index (χ2n) is 4.07. The van der Waals surface area contributed by atoms with Gasteiger partial charge >= 0.3 is 0 Å². The zero-order valence-corrected chi connectivity index (χ0v) is 10.4. The number of pyridine rings is 1. The zero-order chi connectivity index (χ0) is 11.7. The van der Waals surface area contributed by atoms with Crippen molar-refractivity contribution in [3.05, 3.63) is 35.1 Å². The van der Waals surface area contributed by atoms with Crippen molar-refractivity contribution in [3.63, 3.8) is 0 Å². The number of aromatic nitrogens is 3. The third-order valence-electron chi connectivity index (χ3n) is 2.45. The summed E-state index contributed by atoms with van der Waals surface area (Å²) in [6, 6.07) is 4.22. The lowest BCUT2D eigenvalue weighted by molar-refractivity contribution is 0.534. The summed E-state index contributed by atoms with van der Waals surface area (Å²) in [5.74, 6) is 0. The van der Waals surface area contributed by atoms with Gasteiger partial charge in [0.25, 0.3) is 0 Å². The van der Waals surface area contributed by atoms with Crippen molar-refractivity contribution in [1.82, 2.24) is 14.8 Å². The van der Waals surface area contributed by atoms with Crippen molar-refractivity contribution in [1.29, 1.82) is 0 Å². The van der Waals surface area contributed by atoms with Crippen LogP contribution in [0.15, 0.2) is 24.5 Å². The van der Waals surface area contributed by atoms with Gasteiger partial charge in [-0.05, 0) is 32.4 Å². The van der Waals surface area contributed by atoms with E-state index in [9.17, 15) is 0 Å². The van der Waals surface area contributed by atoms with Gasteiger partial charge in [-0.2, -0.15) is 5.10 Å². The molecule has 3 nitrogen and oxygen atoms in total. The second kappa shape index (κ2) is 4.26. The summed E-state index contributed by atoms with van der Waals surface area (Å²) < 4.78 is 1.85. The predicted octanol–water partition coefficient (Wildman–Crippen LogP) is 3.49. The summed E-state index contributed by atoms with van der Waals surface area (Å²) in [6.07, 6.45) is 3.60. The summed E-state index contributed by atoms with van der Waals surface area (Å²) in [7, 11) is 0. The predicted molar refractivity (Wildman–Crippen MR) is 65.6 cm³/mol. The minimum atomic E-state index is 0.301. The Hall–Kier alpha value is -1.35. The molecule has 0 bridgehead atoms. The van der Waals surface area contributed by atoms with Crippen LogP contribution in [-0.4, -0.2) is 14.8 Å². The average molecular weight is 236 g/mol. The fraction of sp³-hybridized carbons (Fsp3) is 0.333. The van der Waals surface area contributed by atoms with E-state index in [2.05, 4.69) is 23.9 Å². The highest BCUT2D eigenvalue weighted by molar-refractivity contribution is 6.32. The normalized spacial score (nSPS) is 11.1. The van der Waals surface area contributed by atoms with Crippen LogP contribution in [0.3, 0.4) is 0 Å². The van der Waals surface area contributed by atoms with Gasteiger partial charge in [-0.25, -0.2) is 0 Å². The van der Waals surface area contributed by atoms with Crippen LogP contribution in [0.4, 0.5) is 0 Å². The molecule has 2 rings (SSSR count). The molecule has 2 aromatic rings. The first-order valence-corrected chi connectivity index (χ1v) is 5.64. The summed E-state index contributed by atoms with van der Waals surface area (Å²) in [6.45, 7) is 6.14. The summed E-state index contributed by atoms with van der Waals surface area (Å²) in [4.78, 5) is 4.32. The Bertz CT molecular complexity index is 503. The number of aryl methyl sites for hydroxylation is 1. The van der Waals surface area contributed by atoms with E-state index in [1.54, 1.807) is 6.20 Å². The quantitative estimate of drug-likeness (QED) is 0.798. The van der Waals surface area contributed by atoms with Gasteiger partial charge in [-0.1, -0.05) is 17.7 Å². The van der Waals surface area contributed by atoms with Gasteiger partial charge in [0.15, 0.2) is 0 Å². The van der Waals surface area contributed by atoms with Crippen LogP contribution < -0.4 is 0 Å². The topological polar surface area (TPSA) is 30.7 Å². The van der Waals surface area contributed by atoms with E-state index >= 15 is 0 Å². The third-order valence-corrected chi connectivity index (χ3v) is 2.73. The Balaban J connectivity index is 2.52. The molecule has 0 amide bonds. The van der Waals surface area contributed by atoms with E-state index in [1.165, 1.54) is 0 Å². The fourth-order valence-electron chi connectivity index (χ4n) is 1.53. The molecule has 0 aromatic carbocycles. The molecule has 0 saturated heterocycles. The highest BCUT2D eigenvalue weighted by Crippen LogP contribution is 2.27. The minimum absolute atomic E-state index is 0.301. The van der Waals surface area contributed by atoms with Crippen LogP contribution in [0.1, 0.15) is 25.5 Å². The molecule has 16 heavy (non-hydrogen) atoms. The molecule has 0 unspecified atom stereocenters. The van der Waals surface area contributed by atoms with Gasteiger partial charge < -0.3 is 0 Å². The highest BCUT2D eigenvalue weighted by Gasteiger charge is 2.13. The Kier molecular flexibility index (Phi) is 2.97. The van der Waals surface area contributed by atoms with Crippen LogP contribution in [0.5, 0.6) is 0 Å². The molecule has 0 N–H and O–H groups in total. The summed E-state index contributed by atoms with van der Waals surface area (Å²) >= 11 is 6.17. The van der Waals surface area contributed by atoms with Crippen molar-refractivity contribution in [2.75, 3.05) is 0 Å². The van der Waals surface area contributed by atoms with Crippen molar-refractivity contribution >= 4 is 11.6 Å². The van der Waals surface area contributed by atoms with Crippen LogP contribution in [0, 0.1) is 6.92 Å². The van der Waals surface area contributed by atoms with Crippen LogP contribution >= 0.6 is 11.6 Å². The number of halogens is 1. The molecule has 0 spiro atoms. The molecule has 0 aliphatic heterocycles. The van der Waals surface area contributed by atoms with Gasteiger partial charge in [-0.15, -0.1) is 0 Å². The smallest absolute Gasteiger partial charge is 0.130 e. The first kappa shape index (κ1) is 11.1. The minimum Gasteiger partial charge on any atom is -0.268 e. The third kappa shape index (κ3) is 1.95. The molecular weight excluding hydrogens is 222 g/mol. The molecule has 4 heteroatoms. The lowest BCUT2D eigenvalue weighted by atomic mass is 10.2. The maximum atomic E-state index is 6.17. The van der Waals surface area contributed by atoms with Gasteiger partial charge in [0.1, 0.15) is 5.69 Å². The molecule has 0 fully saturated rings. The first-order valence-electron chi connectivity index (χ1n) is 5.26. The van der Waals surface area contributed by atoms with Crippen molar-refractivity contribution in [3.8, 4) is 11.4 Å². The number of nitrogens with zero attached hydrogens (tertiary/aromatic N) is 3. The molecular formula is C12H14ClN3. The molecule has 84 valence electrons. The molecule has 0 atom stereocenters. The Morgan fingerprint density at radius 1 is 1.31 bits per heavy atom. The number of rotatable bonds is 2. The Morgan fingerprint density at radius 3 is 2.62 bits per heavy atom. The number of hydrogen-bond acceptors (Lipinski definition) is 2. The first-order chi connectivity index (χ1) is 7.59. The van der Waals surface area contributed by atoms with E-state index in [-0.39, 0.29) is 0 Å². The van der Waals surface area contributed by atoms with Gasteiger partial charge in [0.2, 0.25) is 0 Å². The van der Waals surface area contributed by atoms with Gasteiger partial charge in [0.05, 0.1) is 10.7 Å². The van der Waals surface area contributed by atoms with E-state index in [4.69, 9.17) is 11.6 Å². The van der Waals surface area contributed by atoms with E-state index in [0.29, 0.717) is 11.1 Å². The summed E-state index contributed by atoms with van der Waals surface area (Å²) in [5, 5.41) is 5.11. The van der Waals surface area contributed by atoms with Crippen molar-refractivity contribution in [2.45, 2.75) is 26.8 Å². The van der Waals surface area contributed by atoms with E-state index in [0.717, 1.165) is 17.0 Å². The molecule has 0 saturated carbocycles. The van der Waals surface area contributed by atoms with Crippen LogP contribution in [0.25, 0.3) is 11.4 Å². The van der Waals surface area contributed by atoms with Crippen molar-refractivity contribution in [2.24, 2.45) is 0 Å². The molecule has 2 heterocycles. The average Bonchev–Trinajstić information content (AvgIpc) is 2.61. The fourth-order valence-corrected chi connectivity index (χ4v) is 1.76. The molecule has 2 aromatic heterocycles. The lowest BCUT2D eigenvalue weighted by Gasteiger charge is -2.04. The van der Waals surface area contributed by atoms with Gasteiger partial charge in [-0.3, -0.25) is 9.67 Å². The summed E-state index contributed by atoms with van der Waals surface area (Å²) in [5.41, 5.74) is 2.69. The Morgan fingerprint density at radius 2 is 2.06 bits per heavy atom. The van der Waals surface area contributed by atoms with E-state index in [1.807, 2.05) is 29.9 Å². The lowest BCUT2D eigenvalue weighted by Crippen LogP contribution is -2.01. The molecule has 0 aliphatic rings. The molecule has 0 aliphatic carbocycles. The highest BCUT2D eigenvalue weighted by atomic mass is 35.5. The standard InChI is InChI=1S/C12H14ClN3/c1-8(2)16-7-10(13)12(15-16)11-9(3)5-4-6-14-11/h4-8H,1-3H3. The monoisotopic (exact) mass is 235 g/mol. The zero-order valence-electron chi connectivity index (χ0n) is 9.61. The molecule has 0 radical (unpaired) electrons. The van der Waals surface area contributed by atoms with E-state index < -0.39 is 0 Å². The SMILES string of the molecule is Cc1cccnc1-c1nn(C(C)C)cc1Cl. The Labute approximate surface area is 100 Å². The largest absolute Gasteiger partial charge is 0.268 e. The van der Waals surface area contributed by atoms with Crippen LogP contribution in [-0.2, 0) is 0 Å². The second-order valence-corrected chi connectivity index (χ2v) is 4.48.